The molecule has 17 heavy (non-hydrogen) atoms. The topological polar surface area (TPSA) is 26.0 Å². The molecule has 0 aliphatic heterocycles. The summed E-state index contributed by atoms with van der Waals surface area (Å²) in [6.45, 7) is 0. The van der Waals surface area contributed by atoms with Crippen LogP contribution in [0.25, 0.3) is 6.08 Å². The highest BCUT2D eigenvalue weighted by Gasteiger charge is 2.11. The van der Waals surface area contributed by atoms with Gasteiger partial charge in [0.25, 0.3) is 0 Å². The van der Waals surface area contributed by atoms with Crippen LogP contribution in [0.1, 0.15) is 44.1 Å². The molecule has 0 saturated heterocycles. The summed E-state index contributed by atoms with van der Waals surface area (Å²) in [5.74, 6) is 0.503. The molecule has 0 unspecified atom stereocenters. The van der Waals surface area contributed by atoms with Gasteiger partial charge >= 0.3 is 0 Å². The fourth-order valence-electron chi connectivity index (χ4n) is 2.47. The highest BCUT2D eigenvalue weighted by molar-refractivity contribution is 5.54. The number of hydrogen-bond donors (Lipinski definition) is 1. The van der Waals surface area contributed by atoms with Crippen LogP contribution < -0.4 is 5.73 Å². The van der Waals surface area contributed by atoms with Crippen molar-refractivity contribution in [2.45, 2.75) is 38.5 Å². The molecule has 0 amide bonds. The number of benzene rings is 1. The lowest BCUT2D eigenvalue weighted by Gasteiger charge is -2.19. The largest absolute Gasteiger partial charge is 0.396 e. The molecular weight excluding hydrogens is 213 g/mol. The molecule has 0 aromatic heterocycles. The third-order valence-corrected chi connectivity index (χ3v) is 3.53. The zero-order chi connectivity index (χ0) is 12.1. The molecule has 0 heterocycles. The normalized spacial score (nSPS) is 17.7. The van der Waals surface area contributed by atoms with E-state index in [2.05, 4.69) is 6.08 Å². The molecule has 2 N–H and O–H groups in total. The van der Waals surface area contributed by atoms with Gasteiger partial charge in [-0.25, -0.2) is 4.39 Å². The highest BCUT2D eigenvalue weighted by Crippen LogP contribution is 2.26. The van der Waals surface area contributed by atoms with E-state index in [1.54, 1.807) is 6.07 Å². The Morgan fingerprint density at radius 3 is 2.71 bits per heavy atom. The third-order valence-electron chi connectivity index (χ3n) is 3.53. The first-order valence-electron chi connectivity index (χ1n) is 6.47. The first kappa shape index (κ1) is 12.2. The van der Waals surface area contributed by atoms with Crippen LogP contribution in [0.5, 0.6) is 0 Å². The zero-order valence-corrected chi connectivity index (χ0v) is 10.2. The van der Waals surface area contributed by atoms with Crippen LogP contribution in [0, 0.1) is 11.7 Å². The molecule has 2 rings (SSSR count). The molecule has 1 saturated carbocycles. The van der Waals surface area contributed by atoms with Crippen LogP contribution in [-0.4, -0.2) is 0 Å². The van der Waals surface area contributed by atoms with E-state index < -0.39 is 0 Å². The minimum Gasteiger partial charge on any atom is -0.396 e. The molecule has 1 aliphatic carbocycles. The van der Waals surface area contributed by atoms with Crippen LogP contribution in [0.3, 0.4) is 0 Å². The maximum absolute atomic E-state index is 13.2. The number of anilines is 1. The summed E-state index contributed by atoms with van der Waals surface area (Å²) in [5.41, 5.74) is 6.55. The van der Waals surface area contributed by atoms with Gasteiger partial charge in [-0.15, -0.1) is 0 Å². The summed E-state index contributed by atoms with van der Waals surface area (Å²) < 4.78 is 13.2. The van der Waals surface area contributed by atoms with E-state index in [9.17, 15) is 4.39 Å². The van der Waals surface area contributed by atoms with Gasteiger partial charge in [-0.05, 0) is 30.0 Å². The zero-order valence-electron chi connectivity index (χ0n) is 10.2. The average molecular weight is 233 g/mol. The number of halogens is 1. The number of allylic oxidation sites excluding steroid dienone is 1. The highest BCUT2D eigenvalue weighted by atomic mass is 19.1. The quantitative estimate of drug-likeness (QED) is 0.770. The van der Waals surface area contributed by atoms with Crippen molar-refractivity contribution in [1.29, 1.82) is 0 Å². The molecule has 0 atom stereocenters. The van der Waals surface area contributed by atoms with Crippen molar-refractivity contribution in [3.63, 3.8) is 0 Å². The smallest absolute Gasteiger partial charge is 0.146 e. The Labute approximate surface area is 103 Å². The maximum Gasteiger partial charge on any atom is 0.146 e. The molecule has 1 fully saturated rings. The van der Waals surface area contributed by atoms with E-state index in [1.807, 2.05) is 12.1 Å². The van der Waals surface area contributed by atoms with Crippen molar-refractivity contribution in [1.82, 2.24) is 0 Å². The summed E-state index contributed by atoms with van der Waals surface area (Å²) in [7, 11) is 0. The lowest BCUT2D eigenvalue weighted by Crippen LogP contribution is -2.04. The van der Waals surface area contributed by atoms with Crippen LogP contribution in [0.4, 0.5) is 10.1 Å². The summed E-state index contributed by atoms with van der Waals surface area (Å²) >= 11 is 0. The van der Waals surface area contributed by atoms with E-state index >= 15 is 0 Å². The van der Waals surface area contributed by atoms with E-state index in [0.29, 0.717) is 0 Å². The minimum absolute atomic E-state index is 0.217. The van der Waals surface area contributed by atoms with Crippen LogP contribution in [0.15, 0.2) is 24.3 Å². The molecule has 0 spiro atoms. The Kier molecular flexibility index (Phi) is 4.18. The second-order valence-corrected chi connectivity index (χ2v) is 4.92. The SMILES string of the molecule is Nc1ccc(/C=C/CC2CCCCC2)cc1F. The van der Waals surface area contributed by atoms with Crippen LogP contribution >= 0.6 is 0 Å². The van der Waals surface area contributed by atoms with Crippen LogP contribution in [-0.2, 0) is 0 Å². The summed E-state index contributed by atoms with van der Waals surface area (Å²) in [6, 6.07) is 4.97. The van der Waals surface area contributed by atoms with Crippen molar-refractivity contribution in [2.24, 2.45) is 5.92 Å². The number of rotatable bonds is 3. The lowest BCUT2D eigenvalue weighted by molar-refractivity contribution is 0.362. The van der Waals surface area contributed by atoms with Crippen molar-refractivity contribution in [2.75, 3.05) is 5.73 Å². The van der Waals surface area contributed by atoms with Crippen molar-refractivity contribution in [3.05, 3.63) is 35.7 Å². The van der Waals surface area contributed by atoms with E-state index in [1.165, 1.54) is 38.2 Å². The van der Waals surface area contributed by atoms with Gasteiger partial charge in [0.1, 0.15) is 5.82 Å². The molecular formula is C15H20FN. The Morgan fingerprint density at radius 1 is 1.24 bits per heavy atom. The van der Waals surface area contributed by atoms with Gasteiger partial charge in [0.15, 0.2) is 0 Å². The van der Waals surface area contributed by atoms with Gasteiger partial charge < -0.3 is 5.73 Å². The molecule has 2 heteroatoms. The monoisotopic (exact) mass is 233 g/mol. The second kappa shape index (κ2) is 5.85. The van der Waals surface area contributed by atoms with Crippen molar-refractivity contribution >= 4 is 11.8 Å². The first-order valence-corrected chi connectivity index (χ1v) is 6.47. The van der Waals surface area contributed by atoms with Gasteiger partial charge in [-0.2, -0.15) is 0 Å². The Morgan fingerprint density at radius 2 is 2.00 bits per heavy atom. The fourth-order valence-corrected chi connectivity index (χ4v) is 2.47. The Bertz CT molecular complexity index is 392. The first-order chi connectivity index (χ1) is 8.25. The molecule has 1 aromatic rings. The maximum atomic E-state index is 13.2. The fraction of sp³-hybridized carbons (Fsp3) is 0.467. The Hall–Kier alpha value is -1.31. The number of hydrogen-bond acceptors (Lipinski definition) is 1. The van der Waals surface area contributed by atoms with Gasteiger partial charge in [0.05, 0.1) is 5.69 Å². The van der Waals surface area contributed by atoms with E-state index in [4.69, 9.17) is 5.73 Å². The van der Waals surface area contributed by atoms with E-state index in [0.717, 1.165) is 17.9 Å². The summed E-state index contributed by atoms with van der Waals surface area (Å²) in [6.07, 6.45) is 12.1. The summed E-state index contributed by atoms with van der Waals surface area (Å²) in [4.78, 5) is 0. The van der Waals surface area contributed by atoms with Crippen molar-refractivity contribution < 1.29 is 4.39 Å². The Balaban J connectivity index is 1.88. The molecule has 0 radical (unpaired) electrons. The van der Waals surface area contributed by atoms with Crippen molar-refractivity contribution in [3.8, 4) is 0 Å². The molecule has 1 nitrogen and oxygen atoms in total. The van der Waals surface area contributed by atoms with Gasteiger partial charge in [-0.3, -0.25) is 0 Å². The van der Waals surface area contributed by atoms with Crippen LogP contribution in [0.2, 0.25) is 0 Å². The minimum atomic E-state index is -0.329. The molecule has 1 aromatic carbocycles. The summed E-state index contributed by atoms with van der Waals surface area (Å²) in [5, 5.41) is 0. The van der Waals surface area contributed by atoms with E-state index in [-0.39, 0.29) is 11.5 Å². The van der Waals surface area contributed by atoms with Gasteiger partial charge in [0.2, 0.25) is 0 Å². The predicted molar refractivity (Wildman–Crippen MR) is 71.0 cm³/mol. The molecule has 92 valence electrons. The second-order valence-electron chi connectivity index (χ2n) is 4.92. The standard InChI is InChI=1S/C15H20FN/c16-14-11-13(9-10-15(14)17)8-4-7-12-5-2-1-3-6-12/h4,8-12H,1-3,5-7,17H2/b8-4+. The van der Waals surface area contributed by atoms with Gasteiger partial charge in [0, 0.05) is 0 Å². The predicted octanol–water partition coefficient (Wildman–Crippen LogP) is 4.39. The molecule has 0 bridgehead atoms. The number of nitrogen functional groups attached to an aromatic ring is 1. The van der Waals surface area contributed by atoms with Gasteiger partial charge in [-0.1, -0.05) is 50.3 Å². The number of nitrogens with two attached hydrogens (primary N) is 1. The third kappa shape index (κ3) is 3.58. The molecule has 1 aliphatic rings. The average Bonchev–Trinajstić information content (AvgIpc) is 2.35. The lowest BCUT2D eigenvalue weighted by atomic mass is 9.87.